The second-order valence-corrected chi connectivity index (χ2v) is 5.31. The molecule has 1 aromatic carbocycles. The molecule has 0 heterocycles. The molecule has 0 aromatic heterocycles. The van der Waals surface area contributed by atoms with Crippen LogP contribution in [0, 0.1) is 0 Å². The molecule has 0 aliphatic heterocycles. The minimum Gasteiger partial charge on any atom is -0.494 e. The van der Waals surface area contributed by atoms with E-state index in [0.29, 0.717) is 6.61 Å². The lowest BCUT2D eigenvalue weighted by atomic mass is 9.97. The van der Waals surface area contributed by atoms with Crippen LogP contribution in [-0.4, -0.2) is 30.9 Å². The minimum atomic E-state index is -0.200. The number of hydrogen-bond donors (Lipinski definition) is 2. The zero-order valence-electron chi connectivity index (χ0n) is 12.4. The van der Waals surface area contributed by atoms with Crippen LogP contribution in [0.1, 0.15) is 38.7 Å². The first-order chi connectivity index (χ1) is 9.13. The molecule has 108 valence electrons. The number of aliphatic hydroxyl groups is 1. The van der Waals surface area contributed by atoms with Gasteiger partial charge in [0, 0.05) is 5.54 Å². The van der Waals surface area contributed by atoms with Gasteiger partial charge in [0.15, 0.2) is 0 Å². The zero-order valence-corrected chi connectivity index (χ0v) is 12.4. The van der Waals surface area contributed by atoms with E-state index in [1.807, 2.05) is 26.1 Å². The summed E-state index contributed by atoms with van der Waals surface area (Å²) in [7, 11) is 1.88. The minimum absolute atomic E-state index is 0.148. The molecular weight excluding hydrogens is 238 g/mol. The average Bonchev–Trinajstić information content (AvgIpc) is 2.45. The highest BCUT2D eigenvalue weighted by Gasteiger charge is 2.19. The summed E-state index contributed by atoms with van der Waals surface area (Å²) in [6.07, 6.45) is 4.11. The predicted molar refractivity (Wildman–Crippen MR) is 79.7 cm³/mol. The molecule has 0 bridgehead atoms. The lowest BCUT2D eigenvalue weighted by molar-refractivity contribution is 0.163. The van der Waals surface area contributed by atoms with Crippen molar-refractivity contribution in [1.82, 2.24) is 5.32 Å². The van der Waals surface area contributed by atoms with Gasteiger partial charge in [0.05, 0.1) is 13.2 Å². The molecule has 0 saturated carbocycles. The molecule has 0 amide bonds. The van der Waals surface area contributed by atoms with Crippen molar-refractivity contribution in [1.29, 1.82) is 0 Å². The molecule has 0 saturated heterocycles. The number of rotatable bonds is 9. The number of nitrogens with one attached hydrogen (secondary N) is 1. The second-order valence-electron chi connectivity index (χ2n) is 5.31. The van der Waals surface area contributed by atoms with E-state index < -0.39 is 0 Å². The monoisotopic (exact) mass is 265 g/mol. The quantitative estimate of drug-likeness (QED) is 0.675. The molecule has 3 heteroatoms. The van der Waals surface area contributed by atoms with Crippen molar-refractivity contribution in [2.75, 3.05) is 20.3 Å². The van der Waals surface area contributed by atoms with Crippen molar-refractivity contribution >= 4 is 0 Å². The fraction of sp³-hybridized carbons (Fsp3) is 0.625. The van der Waals surface area contributed by atoms with Gasteiger partial charge < -0.3 is 15.2 Å². The van der Waals surface area contributed by atoms with Gasteiger partial charge >= 0.3 is 0 Å². The van der Waals surface area contributed by atoms with Gasteiger partial charge in [-0.3, -0.25) is 0 Å². The Labute approximate surface area is 117 Å². The van der Waals surface area contributed by atoms with Crippen LogP contribution in [0.2, 0.25) is 0 Å². The number of aryl methyl sites for hydroxylation is 1. The third-order valence-electron chi connectivity index (χ3n) is 3.56. The standard InChI is InChI=1S/C16H27NO2/c1-4-6-14-7-9-15(10-8-14)19-12-5-11-16(2,13-18)17-3/h7-10,17-18H,4-6,11-13H2,1-3H3. The second kappa shape index (κ2) is 8.18. The van der Waals surface area contributed by atoms with Gasteiger partial charge in [0.25, 0.3) is 0 Å². The summed E-state index contributed by atoms with van der Waals surface area (Å²) in [4.78, 5) is 0. The Balaban J connectivity index is 2.29. The Kier molecular flexibility index (Phi) is 6.89. The molecule has 1 unspecified atom stereocenters. The third kappa shape index (κ3) is 5.62. The normalized spacial score (nSPS) is 14.1. The summed E-state index contributed by atoms with van der Waals surface area (Å²) in [5, 5.41) is 12.4. The molecule has 2 N–H and O–H groups in total. The molecular formula is C16H27NO2. The smallest absolute Gasteiger partial charge is 0.119 e. The fourth-order valence-corrected chi connectivity index (χ4v) is 1.98. The molecule has 1 rings (SSSR count). The van der Waals surface area contributed by atoms with E-state index in [2.05, 4.69) is 24.4 Å². The molecule has 0 aliphatic carbocycles. The number of hydrogen-bond acceptors (Lipinski definition) is 3. The number of aliphatic hydroxyl groups excluding tert-OH is 1. The summed E-state index contributed by atoms with van der Waals surface area (Å²) in [5.41, 5.74) is 1.16. The van der Waals surface area contributed by atoms with Crippen LogP contribution in [0.3, 0.4) is 0 Å². The van der Waals surface area contributed by atoms with E-state index in [4.69, 9.17) is 4.74 Å². The molecule has 19 heavy (non-hydrogen) atoms. The Morgan fingerprint density at radius 1 is 1.26 bits per heavy atom. The molecule has 0 fully saturated rings. The van der Waals surface area contributed by atoms with Crippen LogP contribution in [0.25, 0.3) is 0 Å². The van der Waals surface area contributed by atoms with E-state index in [9.17, 15) is 5.11 Å². The molecule has 0 spiro atoms. The first-order valence-corrected chi connectivity index (χ1v) is 7.15. The van der Waals surface area contributed by atoms with Gasteiger partial charge in [-0.25, -0.2) is 0 Å². The summed E-state index contributed by atoms with van der Waals surface area (Å²) in [6, 6.07) is 8.33. The van der Waals surface area contributed by atoms with Crippen LogP contribution in [-0.2, 0) is 6.42 Å². The zero-order chi connectivity index (χ0) is 14.1. The first kappa shape index (κ1) is 16.0. The van der Waals surface area contributed by atoms with Gasteiger partial charge in [-0.1, -0.05) is 25.5 Å². The van der Waals surface area contributed by atoms with E-state index in [1.54, 1.807) is 0 Å². The largest absolute Gasteiger partial charge is 0.494 e. The van der Waals surface area contributed by atoms with E-state index in [-0.39, 0.29) is 12.1 Å². The number of likely N-dealkylation sites (N-methyl/N-ethyl adjacent to an activating group) is 1. The highest BCUT2D eigenvalue weighted by molar-refractivity contribution is 5.27. The maximum Gasteiger partial charge on any atom is 0.119 e. The van der Waals surface area contributed by atoms with E-state index in [0.717, 1.165) is 25.0 Å². The highest BCUT2D eigenvalue weighted by Crippen LogP contribution is 2.15. The van der Waals surface area contributed by atoms with Crippen molar-refractivity contribution in [3.05, 3.63) is 29.8 Å². The lowest BCUT2D eigenvalue weighted by Gasteiger charge is -2.26. The topological polar surface area (TPSA) is 41.5 Å². The van der Waals surface area contributed by atoms with Gasteiger partial charge in [-0.15, -0.1) is 0 Å². The Morgan fingerprint density at radius 3 is 2.47 bits per heavy atom. The Morgan fingerprint density at radius 2 is 1.95 bits per heavy atom. The van der Waals surface area contributed by atoms with Crippen LogP contribution in [0.4, 0.5) is 0 Å². The number of ether oxygens (including phenoxy) is 1. The van der Waals surface area contributed by atoms with E-state index >= 15 is 0 Å². The molecule has 1 aromatic rings. The van der Waals surface area contributed by atoms with Crippen molar-refractivity contribution in [2.45, 2.75) is 45.1 Å². The van der Waals surface area contributed by atoms with Gasteiger partial charge in [0.1, 0.15) is 5.75 Å². The van der Waals surface area contributed by atoms with Gasteiger partial charge in [-0.2, -0.15) is 0 Å². The van der Waals surface area contributed by atoms with Crippen LogP contribution >= 0.6 is 0 Å². The highest BCUT2D eigenvalue weighted by atomic mass is 16.5. The summed E-state index contributed by atoms with van der Waals surface area (Å²) >= 11 is 0. The Hall–Kier alpha value is -1.06. The number of benzene rings is 1. The molecule has 1 atom stereocenters. The summed E-state index contributed by atoms with van der Waals surface area (Å²) in [5.74, 6) is 0.926. The molecule has 0 aliphatic rings. The van der Waals surface area contributed by atoms with Crippen molar-refractivity contribution in [3.8, 4) is 5.75 Å². The first-order valence-electron chi connectivity index (χ1n) is 7.15. The fourth-order valence-electron chi connectivity index (χ4n) is 1.98. The average molecular weight is 265 g/mol. The molecule has 0 radical (unpaired) electrons. The van der Waals surface area contributed by atoms with Gasteiger partial charge in [0.2, 0.25) is 0 Å². The molecule has 3 nitrogen and oxygen atoms in total. The predicted octanol–water partition coefficient (Wildman–Crippen LogP) is 2.77. The lowest BCUT2D eigenvalue weighted by Crippen LogP contribution is -2.43. The van der Waals surface area contributed by atoms with Crippen LogP contribution in [0.15, 0.2) is 24.3 Å². The summed E-state index contributed by atoms with van der Waals surface area (Å²) < 4.78 is 5.71. The van der Waals surface area contributed by atoms with E-state index in [1.165, 1.54) is 12.0 Å². The van der Waals surface area contributed by atoms with Crippen molar-refractivity contribution in [3.63, 3.8) is 0 Å². The SMILES string of the molecule is CCCc1ccc(OCCCC(C)(CO)NC)cc1. The van der Waals surface area contributed by atoms with Crippen molar-refractivity contribution in [2.24, 2.45) is 0 Å². The van der Waals surface area contributed by atoms with Crippen molar-refractivity contribution < 1.29 is 9.84 Å². The maximum atomic E-state index is 9.28. The summed E-state index contributed by atoms with van der Waals surface area (Å²) in [6.45, 7) is 5.04. The maximum absolute atomic E-state index is 9.28. The Bertz CT molecular complexity index is 344. The van der Waals surface area contributed by atoms with Crippen LogP contribution in [0.5, 0.6) is 5.75 Å². The van der Waals surface area contributed by atoms with Crippen LogP contribution < -0.4 is 10.1 Å². The van der Waals surface area contributed by atoms with Gasteiger partial charge in [-0.05, 0) is 50.9 Å². The third-order valence-corrected chi connectivity index (χ3v) is 3.56.